The lowest BCUT2D eigenvalue weighted by Crippen LogP contribution is -1.60. The first kappa shape index (κ1) is 8.51. The van der Waals surface area contributed by atoms with E-state index in [9.17, 15) is 0 Å². The minimum absolute atomic E-state index is 0.599. The van der Waals surface area contributed by atoms with E-state index in [-0.39, 0.29) is 0 Å². The van der Waals surface area contributed by atoms with Gasteiger partial charge in [0.05, 0.1) is 0 Å². The van der Waals surface area contributed by atoms with E-state index in [2.05, 4.69) is 6.58 Å². The van der Waals surface area contributed by atoms with Gasteiger partial charge in [-0.15, -0.1) is 11.6 Å². The fourth-order valence-corrected chi connectivity index (χ4v) is 0.539. The normalized spacial score (nSPS) is 11.2. The van der Waals surface area contributed by atoms with E-state index in [1.54, 1.807) is 6.08 Å². The molecular formula is C8H11Cl. The standard InChI is InChI=1S/C8H11Cl/c1-2-3-4-5-6-7-8-9/h2-4,6-7H,1,5,8H2. The molecule has 0 N–H and O–H groups in total. The summed E-state index contributed by atoms with van der Waals surface area (Å²) in [6, 6.07) is 0. The number of allylic oxidation sites excluding steroid dienone is 5. The lowest BCUT2D eigenvalue weighted by Gasteiger charge is -1.77. The zero-order valence-electron chi connectivity index (χ0n) is 5.39. The van der Waals surface area contributed by atoms with Gasteiger partial charge in [0.1, 0.15) is 0 Å². The molecule has 0 radical (unpaired) electrons. The van der Waals surface area contributed by atoms with Crippen molar-refractivity contribution in [1.29, 1.82) is 0 Å². The predicted octanol–water partition coefficient (Wildman–Crippen LogP) is 2.91. The third-order valence-corrected chi connectivity index (χ3v) is 0.978. The fraction of sp³-hybridized carbons (Fsp3) is 0.250. The van der Waals surface area contributed by atoms with Crippen LogP contribution in [0.25, 0.3) is 0 Å². The first-order chi connectivity index (χ1) is 4.41. The number of alkyl halides is 1. The van der Waals surface area contributed by atoms with Gasteiger partial charge in [-0.1, -0.05) is 37.0 Å². The minimum atomic E-state index is 0.599. The van der Waals surface area contributed by atoms with Crippen LogP contribution in [0.2, 0.25) is 0 Å². The van der Waals surface area contributed by atoms with Crippen molar-refractivity contribution < 1.29 is 0 Å². The van der Waals surface area contributed by atoms with Crippen molar-refractivity contribution in [2.45, 2.75) is 6.42 Å². The number of hydrogen-bond donors (Lipinski definition) is 0. The van der Waals surface area contributed by atoms with E-state index >= 15 is 0 Å². The molecule has 0 atom stereocenters. The van der Waals surface area contributed by atoms with E-state index in [4.69, 9.17) is 11.6 Å². The molecule has 0 unspecified atom stereocenters. The molecule has 0 saturated carbocycles. The summed E-state index contributed by atoms with van der Waals surface area (Å²) in [5.74, 6) is 0.599. The van der Waals surface area contributed by atoms with Gasteiger partial charge < -0.3 is 0 Å². The van der Waals surface area contributed by atoms with Crippen LogP contribution < -0.4 is 0 Å². The van der Waals surface area contributed by atoms with Crippen molar-refractivity contribution >= 4 is 11.6 Å². The highest BCUT2D eigenvalue weighted by molar-refractivity contribution is 6.18. The lowest BCUT2D eigenvalue weighted by molar-refractivity contribution is 1.38. The number of halogens is 1. The Bertz CT molecular complexity index is 112. The van der Waals surface area contributed by atoms with Crippen LogP contribution in [0.5, 0.6) is 0 Å². The van der Waals surface area contributed by atoms with Gasteiger partial charge in [0.15, 0.2) is 0 Å². The van der Waals surface area contributed by atoms with Crippen molar-refractivity contribution in [1.82, 2.24) is 0 Å². The molecule has 50 valence electrons. The second kappa shape index (κ2) is 7.51. The van der Waals surface area contributed by atoms with Crippen LogP contribution in [-0.2, 0) is 0 Å². The molecule has 0 aliphatic carbocycles. The van der Waals surface area contributed by atoms with Crippen LogP contribution in [0.4, 0.5) is 0 Å². The highest BCUT2D eigenvalue weighted by Gasteiger charge is 1.67. The Kier molecular flexibility index (Phi) is 7.10. The third-order valence-electron chi connectivity index (χ3n) is 0.800. The Morgan fingerprint density at radius 3 is 2.56 bits per heavy atom. The molecule has 0 aromatic carbocycles. The van der Waals surface area contributed by atoms with E-state index in [0.717, 1.165) is 6.42 Å². The van der Waals surface area contributed by atoms with E-state index in [0.29, 0.717) is 5.88 Å². The first-order valence-electron chi connectivity index (χ1n) is 2.90. The monoisotopic (exact) mass is 142 g/mol. The molecule has 0 fully saturated rings. The zero-order chi connectivity index (χ0) is 6.95. The average Bonchev–Trinajstić information content (AvgIpc) is 1.89. The van der Waals surface area contributed by atoms with E-state index < -0.39 is 0 Å². The maximum Gasteiger partial charge on any atom is 0.0404 e. The topological polar surface area (TPSA) is 0 Å². The van der Waals surface area contributed by atoms with Gasteiger partial charge in [-0.05, 0) is 6.42 Å². The van der Waals surface area contributed by atoms with Gasteiger partial charge in [-0.25, -0.2) is 0 Å². The second-order valence-corrected chi connectivity index (χ2v) is 1.83. The molecule has 0 aromatic rings. The molecular weight excluding hydrogens is 132 g/mol. The van der Waals surface area contributed by atoms with Gasteiger partial charge >= 0.3 is 0 Å². The van der Waals surface area contributed by atoms with E-state index in [1.807, 2.05) is 24.3 Å². The molecule has 0 saturated heterocycles. The highest BCUT2D eigenvalue weighted by atomic mass is 35.5. The summed E-state index contributed by atoms with van der Waals surface area (Å²) < 4.78 is 0. The summed E-state index contributed by atoms with van der Waals surface area (Å²) in [6.07, 6.45) is 10.6. The molecule has 0 spiro atoms. The smallest absolute Gasteiger partial charge is 0.0404 e. The summed E-state index contributed by atoms with van der Waals surface area (Å²) in [6.45, 7) is 3.54. The fourth-order valence-electron chi connectivity index (χ4n) is 0.413. The average molecular weight is 143 g/mol. The van der Waals surface area contributed by atoms with E-state index in [1.165, 1.54) is 0 Å². The first-order valence-corrected chi connectivity index (χ1v) is 3.43. The van der Waals surface area contributed by atoms with Crippen LogP contribution in [-0.4, -0.2) is 5.88 Å². The molecule has 0 amide bonds. The van der Waals surface area contributed by atoms with Crippen LogP contribution in [0.15, 0.2) is 37.0 Å². The van der Waals surface area contributed by atoms with Gasteiger partial charge in [0, 0.05) is 5.88 Å². The second-order valence-electron chi connectivity index (χ2n) is 1.53. The number of hydrogen-bond acceptors (Lipinski definition) is 0. The minimum Gasteiger partial charge on any atom is -0.122 e. The number of rotatable bonds is 4. The van der Waals surface area contributed by atoms with Crippen LogP contribution in [0.3, 0.4) is 0 Å². The molecule has 0 rings (SSSR count). The summed E-state index contributed by atoms with van der Waals surface area (Å²) in [7, 11) is 0. The third kappa shape index (κ3) is 7.51. The SMILES string of the molecule is C=CC=CCC=CCCl. The Morgan fingerprint density at radius 1 is 1.22 bits per heavy atom. The highest BCUT2D eigenvalue weighted by Crippen LogP contribution is 1.86. The summed E-state index contributed by atoms with van der Waals surface area (Å²) >= 11 is 5.38. The molecule has 9 heavy (non-hydrogen) atoms. The Balaban J connectivity index is 3.17. The maximum absolute atomic E-state index is 5.38. The Hall–Kier alpha value is -0.490. The largest absolute Gasteiger partial charge is 0.122 e. The molecule has 0 aliphatic rings. The van der Waals surface area contributed by atoms with Crippen molar-refractivity contribution in [3.05, 3.63) is 37.0 Å². The summed E-state index contributed by atoms with van der Waals surface area (Å²) in [4.78, 5) is 0. The summed E-state index contributed by atoms with van der Waals surface area (Å²) in [5.41, 5.74) is 0. The Labute approximate surface area is 61.5 Å². The van der Waals surface area contributed by atoms with Crippen LogP contribution >= 0.6 is 11.6 Å². The lowest BCUT2D eigenvalue weighted by atomic mass is 10.3. The van der Waals surface area contributed by atoms with Gasteiger partial charge in [0.25, 0.3) is 0 Å². The molecule has 1 heteroatoms. The van der Waals surface area contributed by atoms with Crippen molar-refractivity contribution in [3.63, 3.8) is 0 Å². The summed E-state index contributed by atoms with van der Waals surface area (Å²) in [5, 5.41) is 0. The molecule has 0 aliphatic heterocycles. The van der Waals surface area contributed by atoms with Crippen molar-refractivity contribution in [3.8, 4) is 0 Å². The van der Waals surface area contributed by atoms with Crippen LogP contribution in [0, 0.1) is 0 Å². The van der Waals surface area contributed by atoms with Crippen molar-refractivity contribution in [2.24, 2.45) is 0 Å². The molecule has 0 aromatic heterocycles. The maximum atomic E-state index is 5.38. The molecule has 0 bridgehead atoms. The van der Waals surface area contributed by atoms with Gasteiger partial charge in [-0.2, -0.15) is 0 Å². The predicted molar refractivity (Wildman–Crippen MR) is 43.8 cm³/mol. The van der Waals surface area contributed by atoms with Crippen molar-refractivity contribution in [2.75, 3.05) is 5.88 Å². The Morgan fingerprint density at radius 2 is 2.00 bits per heavy atom. The molecule has 0 heterocycles. The zero-order valence-corrected chi connectivity index (χ0v) is 6.14. The van der Waals surface area contributed by atoms with Gasteiger partial charge in [0.2, 0.25) is 0 Å². The molecule has 0 nitrogen and oxygen atoms in total. The van der Waals surface area contributed by atoms with Crippen LogP contribution in [0.1, 0.15) is 6.42 Å². The van der Waals surface area contributed by atoms with Gasteiger partial charge in [-0.3, -0.25) is 0 Å². The quantitative estimate of drug-likeness (QED) is 0.322.